The average Bonchev–Trinajstić information content (AvgIpc) is 2.38. The summed E-state index contributed by atoms with van der Waals surface area (Å²) in [5, 5.41) is 12.3. The molecule has 0 aromatic heterocycles. The van der Waals surface area contributed by atoms with Crippen molar-refractivity contribution in [1.82, 2.24) is 0 Å². The van der Waals surface area contributed by atoms with Crippen molar-refractivity contribution in [1.29, 1.82) is 0 Å². The number of benzene rings is 1. The van der Waals surface area contributed by atoms with Gasteiger partial charge in [0, 0.05) is 19.5 Å². The van der Waals surface area contributed by atoms with Gasteiger partial charge in [-0.1, -0.05) is 12.1 Å². The van der Waals surface area contributed by atoms with Crippen molar-refractivity contribution in [3.05, 3.63) is 24.3 Å². The summed E-state index contributed by atoms with van der Waals surface area (Å²) in [5.41, 5.74) is 1.81. The van der Waals surface area contributed by atoms with Crippen molar-refractivity contribution in [3.63, 3.8) is 0 Å². The van der Waals surface area contributed by atoms with Gasteiger partial charge in [0.25, 0.3) is 0 Å². The van der Waals surface area contributed by atoms with Crippen molar-refractivity contribution in [2.45, 2.75) is 19.4 Å². The van der Waals surface area contributed by atoms with Crippen LogP contribution < -0.4 is 10.2 Å². The molecule has 1 heterocycles. The molecule has 0 radical (unpaired) electrons. The van der Waals surface area contributed by atoms with Gasteiger partial charge in [-0.15, -0.1) is 0 Å². The summed E-state index contributed by atoms with van der Waals surface area (Å²) in [5.74, 6) is 0.0283. The first-order valence-electron chi connectivity index (χ1n) is 5.48. The smallest absolute Gasteiger partial charge is 0.226 e. The number of carbonyl (C=O) groups is 1. The van der Waals surface area contributed by atoms with Gasteiger partial charge in [-0.3, -0.25) is 4.79 Å². The zero-order valence-electron chi connectivity index (χ0n) is 9.31. The van der Waals surface area contributed by atoms with E-state index in [2.05, 4.69) is 5.32 Å². The maximum absolute atomic E-state index is 11.5. The van der Waals surface area contributed by atoms with Crippen LogP contribution >= 0.6 is 0 Å². The van der Waals surface area contributed by atoms with Crippen LogP contribution in [0.3, 0.4) is 0 Å². The molecule has 1 aliphatic heterocycles. The summed E-state index contributed by atoms with van der Waals surface area (Å²) < 4.78 is 0. The van der Waals surface area contributed by atoms with Crippen LogP contribution in [0.5, 0.6) is 0 Å². The fourth-order valence-electron chi connectivity index (χ4n) is 1.93. The van der Waals surface area contributed by atoms with E-state index < -0.39 is 6.10 Å². The number of amides is 1. The van der Waals surface area contributed by atoms with Gasteiger partial charge in [0.15, 0.2) is 0 Å². The predicted molar refractivity (Wildman–Crippen MR) is 63.6 cm³/mol. The first-order valence-corrected chi connectivity index (χ1v) is 5.48. The Kier molecular flexibility index (Phi) is 3.10. The Balaban J connectivity index is 2.30. The third-order valence-corrected chi connectivity index (χ3v) is 2.61. The number of para-hydroxylation sites is 2. The minimum absolute atomic E-state index is 0.0283. The van der Waals surface area contributed by atoms with Gasteiger partial charge in [-0.25, -0.2) is 0 Å². The maximum Gasteiger partial charge on any atom is 0.226 e. The standard InChI is InChI=1S/C12H16N2O2/c1-9(15)8-14-7-6-12(16)13-10-4-2-3-5-11(10)14/h2-5,9,15H,6-8H2,1H3,(H,13,16). The molecule has 0 saturated heterocycles. The Morgan fingerprint density at radius 1 is 1.50 bits per heavy atom. The summed E-state index contributed by atoms with van der Waals surface area (Å²) in [4.78, 5) is 13.5. The third kappa shape index (κ3) is 2.33. The molecule has 0 bridgehead atoms. The van der Waals surface area contributed by atoms with Crippen LogP contribution in [0, 0.1) is 0 Å². The lowest BCUT2D eigenvalue weighted by atomic mass is 10.2. The number of fused-ring (bicyclic) bond motifs is 1. The molecule has 1 unspecified atom stereocenters. The second-order valence-corrected chi connectivity index (χ2v) is 4.11. The van der Waals surface area contributed by atoms with Crippen molar-refractivity contribution < 1.29 is 9.90 Å². The Labute approximate surface area is 94.9 Å². The molecule has 0 spiro atoms. The summed E-state index contributed by atoms with van der Waals surface area (Å²) in [6, 6.07) is 7.67. The van der Waals surface area contributed by atoms with Gasteiger partial charge in [0.2, 0.25) is 5.91 Å². The molecule has 2 rings (SSSR count). The number of anilines is 2. The molecule has 1 aliphatic rings. The highest BCUT2D eigenvalue weighted by molar-refractivity contribution is 5.96. The fourth-order valence-corrected chi connectivity index (χ4v) is 1.93. The molecule has 2 N–H and O–H groups in total. The number of β-amino-alcohol motifs (C(OH)–C–C–N with tert-alkyl or cyclic N) is 1. The topological polar surface area (TPSA) is 52.6 Å². The highest BCUT2D eigenvalue weighted by Crippen LogP contribution is 2.28. The van der Waals surface area contributed by atoms with Crippen LogP contribution in [0.1, 0.15) is 13.3 Å². The van der Waals surface area contributed by atoms with E-state index in [0.717, 1.165) is 11.4 Å². The van der Waals surface area contributed by atoms with Crippen LogP contribution in [-0.4, -0.2) is 30.2 Å². The van der Waals surface area contributed by atoms with Crippen molar-refractivity contribution in [3.8, 4) is 0 Å². The highest BCUT2D eigenvalue weighted by atomic mass is 16.3. The van der Waals surface area contributed by atoms with E-state index in [1.165, 1.54) is 0 Å². The van der Waals surface area contributed by atoms with E-state index in [0.29, 0.717) is 19.5 Å². The van der Waals surface area contributed by atoms with Crippen molar-refractivity contribution >= 4 is 17.3 Å². The maximum atomic E-state index is 11.5. The molecule has 1 aromatic rings. The predicted octanol–water partition coefficient (Wildman–Crippen LogP) is 1.22. The second-order valence-electron chi connectivity index (χ2n) is 4.11. The first kappa shape index (κ1) is 11.0. The van der Waals surface area contributed by atoms with E-state index in [9.17, 15) is 9.90 Å². The molecule has 1 atom stereocenters. The molecule has 0 fully saturated rings. The molecule has 0 saturated carbocycles. The first-order chi connectivity index (χ1) is 7.66. The number of nitrogens with one attached hydrogen (secondary N) is 1. The Morgan fingerprint density at radius 3 is 3.00 bits per heavy atom. The lowest BCUT2D eigenvalue weighted by molar-refractivity contribution is -0.116. The van der Waals surface area contributed by atoms with Crippen LogP contribution in [0.2, 0.25) is 0 Å². The van der Waals surface area contributed by atoms with Crippen LogP contribution in [0.4, 0.5) is 11.4 Å². The quantitative estimate of drug-likeness (QED) is 0.787. The Bertz CT molecular complexity index is 390. The summed E-state index contributed by atoms with van der Waals surface area (Å²) in [6.45, 7) is 2.95. The molecule has 1 aromatic carbocycles. The van der Waals surface area contributed by atoms with E-state index in [-0.39, 0.29) is 5.91 Å². The molecule has 4 heteroatoms. The molecule has 86 valence electrons. The number of hydrogen-bond acceptors (Lipinski definition) is 3. The molecular formula is C12H16N2O2. The largest absolute Gasteiger partial charge is 0.392 e. The molecule has 1 amide bonds. The van der Waals surface area contributed by atoms with Crippen LogP contribution in [0.25, 0.3) is 0 Å². The van der Waals surface area contributed by atoms with Gasteiger partial charge in [0.1, 0.15) is 0 Å². The van der Waals surface area contributed by atoms with Gasteiger partial charge in [-0.2, -0.15) is 0 Å². The monoisotopic (exact) mass is 220 g/mol. The van der Waals surface area contributed by atoms with Gasteiger partial charge in [-0.05, 0) is 19.1 Å². The van der Waals surface area contributed by atoms with Crippen LogP contribution in [0.15, 0.2) is 24.3 Å². The molecule has 0 aliphatic carbocycles. The van der Waals surface area contributed by atoms with Gasteiger partial charge in [0.05, 0.1) is 17.5 Å². The molecule has 4 nitrogen and oxygen atoms in total. The number of aliphatic hydroxyl groups excluding tert-OH is 1. The number of carbonyl (C=O) groups excluding carboxylic acids is 1. The summed E-state index contributed by atoms with van der Waals surface area (Å²) >= 11 is 0. The Hall–Kier alpha value is -1.55. The normalized spacial score (nSPS) is 17.4. The van der Waals surface area contributed by atoms with Crippen LogP contribution in [-0.2, 0) is 4.79 Å². The van der Waals surface area contributed by atoms with E-state index in [1.807, 2.05) is 29.2 Å². The zero-order chi connectivity index (χ0) is 11.5. The fraction of sp³-hybridized carbons (Fsp3) is 0.417. The average molecular weight is 220 g/mol. The second kappa shape index (κ2) is 4.53. The minimum atomic E-state index is -0.402. The summed E-state index contributed by atoms with van der Waals surface area (Å²) in [7, 11) is 0. The summed E-state index contributed by atoms with van der Waals surface area (Å²) in [6.07, 6.45) is 0.0581. The minimum Gasteiger partial charge on any atom is -0.392 e. The highest BCUT2D eigenvalue weighted by Gasteiger charge is 2.19. The SMILES string of the molecule is CC(O)CN1CCC(=O)Nc2ccccc21. The number of nitrogens with zero attached hydrogens (tertiary/aromatic N) is 1. The van der Waals surface area contributed by atoms with Crippen molar-refractivity contribution in [2.75, 3.05) is 23.3 Å². The number of rotatable bonds is 2. The molecule has 16 heavy (non-hydrogen) atoms. The lowest BCUT2D eigenvalue weighted by Crippen LogP contribution is -2.31. The van der Waals surface area contributed by atoms with Gasteiger partial charge < -0.3 is 15.3 Å². The number of hydrogen-bond donors (Lipinski definition) is 2. The zero-order valence-corrected chi connectivity index (χ0v) is 9.31. The third-order valence-electron chi connectivity index (χ3n) is 2.61. The lowest BCUT2D eigenvalue weighted by Gasteiger charge is -2.25. The number of aliphatic hydroxyl groups is 1. The van der Waals surface area contributed by atoms with Gasteiger partial charge >= 0.3 is 0 Å². The van der Waals surface area contributed by atoms with E-state index in [4.69, 9.17) is 0 Å². The van der Waals surface area contributed by atoms with Crippen molar-refractivity contribution in [2.24, 2.45) is 0 Å². The molecular weight excluding hydrogens is 204 g/mol. The van der Waals surface area contributed by atoms with E-state index >= 15 is 0 Å². The van der Waals surface area contributed by atoms with E-state index in [1.54, 1.807) is 6.92 Å². The Morgan fingerprint density at radius 2 is 2.25 bits per heavy atom.